The second-order valence-electron chi connectivity index (χ2n) is 6.17. The van der Waals surface area contributed by atoms with Crippen LogP contribution in [-0.4, -0.2) is 23.3 Å². The molecular weight excluding hydrogens is 357 g/mol. The van der Waals surface area contributed by atoms with Crippen molar-refractivity contribution >= 4 is 11.8 Å². The molecule has 6 heteroatoms. The number of aromatic nitrogens is 1. The maximum Gasteiger partial charge on any atom is 0.270 e. The number of hydrogen-bond acceptors (Lipinski definition) is 3. The molecule has 0 radical (unpaired) electrons. The molecule has 1 heterocycles. The molecule has 0 atom stereocenters. The van der Waals surface area contributed by atoms with Crippen LogP contribution in [0.4, 0.5) is 4.39 Å². The zero-order valence-electron chi connectivity index (χ0n) is 15.2. The molecule has 5 nitrogen and oxygen atoms in total. The molecule has 0 fully saturated rings. The molecule has 3 aromatic rings. The second-order valence-corrected chi connectivity index (χ2v) is 6.17. The Morgan fingerprint density at radius 3 is 2.14 bits per heavy atom. The third kappa shape index (κ3) is 5.23. The first-order chi connectivity index (χ1) is 13.6. The van der Waals surface area contributed by atoms with Crippen molar-refractivity contribution in [2.24, 2.45) is 0 Å². The second kappa shape index (κ2) is 9.41. The van der Waals surface area contributed by atoms with Gasteiger partial charge in [0.25, 0.3) is 11.8 Å². The number of carbonyl (C=O) groups excluding carboxylic acids is 2. The molecule has 0 saturated heterocycles. The molecule has 142 valence electrons. The summed E-state index contributed by atoms with van der Waals surface area (Å²) in [4.78, 5) is 28.7. The van der Waals surface area contributed by atoms with Crippen LogP contribution in [0.1, 0.15) is 32.1 Å². The lowest BCUT2D eigenvalue weighted by molar-refractivity contribution is 0.0942. The van der Waals surface area contributed by atoms with Crippen molar-refractivity contribution in [2.45, 2.75) is 13.0 Å². The van der Waals surface area contributed by atoms with Gasteiger partial charge in [-0.1, -0.05) is 54.6 Å². The standard InChI is InChI=1S/C22H20FN3O2/c23-18-10-5-4-9-17(18)15-25-22(28)20-12-6-11-19(26-20)21(27)24-14-13-16-7-2-1-3-8-16/h1-12H,13-15H2,(H,24,27)(H,25,28). The predicted molar refractivity (Wildman–Crippen MR) is 104 cm³/mol. The summed E-state index contributed by atoms with van der Waals surface area (Å²) in [7, 11) is 0. The number of carbonyl (C=O) groups is 2. The van der Waals surface area contributed by atoms with Crippen molar-refractivity contribution < 1.29 is 14.0 Å². The summed E-state index contributed by atoms with van der Waals surface area (Å²) in [5.74, 6) is -1.20. The number of hydrogen-bond donors (Lipinski definition) is 2. The Morgan fingerprint density at radius 1 is 0.786 bits per heavy atom. The molecule has 28 heavy (non-hydrogen) atoms. The van der Waals surface area contributed by atoms with Gasteiger partial charge in [-0.25, -0.2) is 9.37 Å². The summed E-state index contributed by atoms with van der Waals surface area (Å²) in [5, 5.41) is 5.41. The fraction of sp³-hybridized carbons (Fsp3) is 0.136. The van der Waals surface area contributed by atoms with E-state index in [0.29, 0.717) is 18.5 Å². The van der Waals surface area contributed by atoms with Gasteiger partial charge in [-0.05, 0) is 30.2 Å². The summed E-state index contributed by atoms with van der Waals surface area (Å²) in [6.07, 6.45) is 0.704. The quantitative estimate of drug-likeness (QED) is 0.665. The molecule has 0 aliphatic rings. The van der Waals surface area contributed by atoms with Crippen LogP contribution >= 0.6 is 0 Å². The van der Waals surface area contributed by atoms with E-state index in [-0.39, 0.29) is 29.7 Å². The molecule has 0 aliphatic heterocycles. The summed E-state index contributed by atoms with van der Waals surface area (Å²) < 4.78 is 13.6. The Morgan fingerprint density at radius 2 is 1.43 bits per heavy atom. The summed E-state index contributed by atoms with van der Waals surface area (Å²) in [6, 6.07) is 20.7. The van der Waals surface area contributed by atoms with Crippen LogP contribution in [0, 0.1) is 5.82 Å². The Balaban J connectivity index is 1.55. The molecule has 0 unspecified atom stereocenters. The number of rotatable bonds is 7. The predicted octanol–water partition coefficient (Wildman–Crippen LogP) is 3.12. The minimum absolute atomic E-state index is 0.0423. The summed E-state index contributed by atoms with van der Waals surface area (Å²) in [6.45, 7) is 0.509. The van der Waals surface area contributed by atoms with Crippen molar-refractivity contribution in [2.75, 3.05) is 6.54 Å². The first-order valence-electron chi connectivity index (χ1n) is 8.94. The van der Waals surface area contributed by atoms with Crippen LogP contribution in [0.2, 0.25) is 0 Å². The minimum Gasteiger partial charge on any atom is -0.350 e. The smallest absolute Gasteiger partial charge is 0.270 e. The third-order valence-corrected chi connectivity index (χ3v) is 4.15. The van der Waals surface area contributed by atoms with Crippen molar-refractivity contribution in [3.05, 3.63) is 101 Å². The Bertz CT molecular complexity index is 961. The molecule has 2 amide bonds. The summed E-state index contributed by atoms with van der Waals surface area (Å²) >= 11 is 0. The topological polar surface area (TPSA) is 71.1 Å². The zero-order valence-corrected chi connectivity index (χ0v) is 15.2. The average molecular weight is 377 g/mol. The van der Waals surface area contributed by atoms with Crippen molar-refractivity contribution in [1.29, 1.82) is 0 Å². The van der Waals surface area contributed by atoms with Crippen LogP contribution in [0.5, 0.6) is 0 Å². The zero-order chi connectivity index (χ0) is 19.8. The fourth-order valence-electron chi connectivity index (χ4n) is 2.65. The van der Waals surface area contributed by atoms with Gasteiger partial charge in [-0.2, -0.15) is 0 Å². The highest BCUT2D eigenvalue weighted by Crippen LogP contribution is 2.07. The van der Waals surface area contributed by atoms with Gasteiger partial charge in [0, 0.05) is 18.7 Å². The van der Waals surface area contributed by atoms with Gasteiger partial charge in [0.1, 0.15) is 17.2 Å². The molecular formula is C22H20FN3O2. The monoisotopic (exact) mass is 377 g/mol. The minimum atomic E-state index is -0.470. The normalized spacial score (nSPS) is 10.3. The molecule has 2 N–H and O–H groups in total. The van der Waals surface area contributed by atoms with E-state index in [1.54, 1.807) is 30.3 Å². The highest BCUT2D eigenvalue weighted by molar-refractivity contribution is 5.96. The van der Waals surface area contributed by atoms with E-state index in [1.165, 1.54) is 12.1 Å². The van der Waals surface area contributed by atoms with Crippen molar-refractivity contribution in [1.82, 2.24) is 15.6 Å². The number of halogens is 1. The molecule has 1 aromatic heterocycles. The van der Waals surface area contributed by atoms with Crippen LogP contribution in [0.15, 0.2) is 72.8 Å². The number of nitrogens with zero attached hydrogens (tertiary/aromatic N) is 1. The first kappa shape index (κ1) is 19.2. The van der Waals surface area contributed by atoms with E-state index in [0.717, 1.165) is 5.56 Å². The fourth-order valence-corrected chi connectivity index (χ4v) is 2.65. The SMILES string of the molecule is O=C(NCCc1ccccc1)c1cccc(C(=O)NCc2ccccc2F)n1. The van der Waals surface area contributed by atoms with E-state index < -0.39 is 5.91 Å². The molecule has 3 rings (SSSR count). The molecule has 0 bridgehead atoms. The van der Waals surface area contributed by atoms with Gasteiger partial charge in [-0.3, -0.25) is 9.59 Å². The van der Waals surface area contributed by atoms with Crippen molar-refractivity contribution in [3.63, 3.8) is 0 Å². The van der Waals surface area contributed by atoms with Gasteiger partial charge in [-0.15, -0.1) is 0 Å². The van der Waals surface area contributed by atoms with E-state index in [2.05, 4.69) is 15.6 Å². The largest absolute Gasteiger partial charge is 0.350 e. The summed E-state index contributed by atoms with van der Waals surface area (Å²) in [5.41, 5.74) is 1.77. The van der Waals surface area contributed by atoms with E-state index >= 15 is 0 Å². The number of pyridine rings is 1. The van der Waals surface area contributed by atoms with Gasteiger partial charge in [0.15, 0.2) is 0 Å². The van der Waals surface area contributed by atoms with Crippen LogP contribution in [0.25, 0.3) is 0 Å². The molecule has 0 aliphatic carbocycles. The lowest BCUT2D eigenvalue weighted by Gasteiger charge is -2.08. The van der Waals surface area contributed by atoms with Crippen LogP contribution in [0.3, 0.4) is 0 Å². The Hall–Kier alpha value is -3.54. The van der Waals surface area contributed by atoms with Crippen LogP contribution in [-0.2, 0) is 13.0 Å². The Labute approximate surface area is 162 Å². The highest BCUT2D eigenvalue weighted by atomic mass is 19.1. The third-order valence-electron chi connectivity index (χ3n) is 4.15. The number of amides is 2. The highest BCUT2D eigenvalue weighted by Gasteiger charge is 2.12. The van der Waals surface area contributed by atoms with Gasteiger partial charge in [0.05, 0.1) is 0 Å². The van der Waals surface area contributed by atoms with Crippen LogP contribution < -0.4 is 10.6 Å². The van der Waals surface area contributed by atoms with E-state index in [4.69, 9.17) is 0 Å². The molecule has 2 aromatic carbocycles. The average Bonchev–Trinajstić information content (AvgIpc) is 2.74. The van der Waals surface area contributed by atoms with Gasteiger partial charge in [0.2, 0.25) is 0 Å². The number of benzene rings is 2. The lowest BCUT2D eigenvalue weighted by Crippen LogP contribution is -2.28. The molecule has 0 spiro atoms. The van der Waals surface area contributed by atoms with Crippen molar-refractivity contribution in [3.8, 4) is 0 Å². The maximum absolute atomic E-state index is 13.6. The molecule has 0 saturated carbocycles. The van der Waals surface area contributed by atoms with Gasteiger partial charge < -0.3 is 10.6 Å². The van der Waals surface area contributed by atoms with E-state index in [1.807, 2.05) is 30.3 Å². The van der Waals surface area contributed by atoms with E-state index in [9.17, 15) is 14.0 Å². The number of nitrogens with one attached hydrogen (secondary N) is 2. The van der Waals surface area contributed by atoms with Gasteiger partial charge >= 0.3 is 0 Å². The Kier molecular flexibility index (Phi) is 6.46. The maximum atomic E-state index is 13.6. The first-order valence-corrected chi connectivity index (χ1v) is 8.94. The lowest BCUT2D eigenvalue weighted by atomic mass is 10.1.